The highest BCUT2D eigenvalue weighted by Crippen LogP contribution is 2.14. The van der Waals surface area contributed by atoms with Crippen LogP contribution in [0.5, 0.6) is 0 Å². The Morgan fingerprint density at radius 1 is 0.542 bits per heavy atom. The molecule has 0 saturated carbocycles. The molecular formula is C23H40I+. The van der Waals surface area contributed by atoms with E-state index in [-0.39, 0.29) is 0 Å². The molecule has 0 unspecified atom stereocenters. The highest BCUT2D eigenvalue weighted by molar-refractivity contribution is 5.14. The molecule has 1 aromatic rings. The van der Waals surface area contributed by atoms with Gasteiger partial charge in [-0.1, -0.05) is 109 Å². The van der Waals surface area contributed by atoms with E-state index in [2.05, 4.69) is 53.8 Å². The molecule has 1 heteroatoms. The van der Waals surface area contributed by atoms with Gasteiger partial charge >= 0.3 is 0 Å². The molecule has 0 amide bonds. The Labute approximate surface area is 165 Å². The van der Waals surface area contributed by atoms with E-state index in [0.717, 1.165) is 0 Å². The molecule has 24 heavy (non-hydrogen) atoms. The van der Waals surface area contributed by atoms with Crippen LogP contribution in [0, 0.1) is 3.57 Å². The number of hydrogen-bond acceptors (Lipinski definition) is 0. The van der Waals surface area contributed by atoms with Crippen molar-refractivity contribution in [1.82, 2.24) is 0 Å². The Morgan fingerprint density at radius 3 is 1.33 bits per heavy atom. The van der Waals surface area contributed by atoms with Crippen LogP contribution < -0.4 is 22.6 Å². The molecule has 0 bridgehead atoms. The summed E-state index contributed by atoms with van der Waals surface area (Å²) >= 11 is 2.09. The van der Waals surface area contributed by atoms with Crippen LogP contribution in [0.4, 0.5) is 0 Å². The van der Waals surface area contributed by atoms with E-state index in [1.165, 1.54) is 112 Å². The summed E-state index contributed by atoms with van der Waals surface area (Å²) in [5, 5.41) is 0. The van der Waals surface area contributed by atoms with E-state index < -0.39 is 0 Å². The summed E-state index contributed by atoms with van der Waals surface area (Å²) in [7, 11) is 0. The Kier molecular flexibility index (Phi) is 15.0. The number of benzene rings is 1. The summed E-state index contributed by atoms with van der Waals surface area (Å²) in [6.45, 7) is 2.30. The monoisotopic (exact) mass is 443 g/mol. The zero-order valence-electron chi connectivity index (χ0n) is 16.0. The van der Waals surface area contributed by atoms with Crippen LogP contribution in [0.2, 0.25) is 0 Å². The van der Waals surface area contributed by atoms with Gasteiger partial charge in [-0.05, 0) is 30.5 Å². The lowest BCUT2D eigenvalue weighted by Gasteiger charge is -2.04. The average Bonchev–Trinajstić information content (AvgIpc) is 2.60. The first-order chi connectivity index (χ1) is 11.8. The van der Waals surface area contributed by atoms with Crippen LogP contribution in [0.1, 0.15) is 109 Å². The van der Waals surface area contributed by atoms with Crippen LogP contribution in [0.3, 0.4) is 0 Å². The third kappa shape index (κ3) is 13.3. The first-order valence-corrected chi connectivity index (χ1v) is 11.8. The second-order valence-corrected chi connectivity index (χ2v) is 8.69. The van der Waals surface area contributed by atoms with Crippen molar-refractivity contribution in [2.75, 3.05) is 0 Å². The van der Waals surface area contributed by atoms with Gasteiger partial charge in [-0.2, -0.15) is 0 Å². The number of hydrogen-bond donors (Lipinski definition) is 0. The molecule has 0 aliphatic heterocycles. The van der Waals surface area contributed by atoms with Gasteiger partial charge in [-0.25, -0.2) is 0 Å². The number of rotatable bonds is 16. The van der Waals surface area contributed by atoms with Gasteiger partial charge in [0.25, 0.3) is 22.6 Å². The van der Waals surface area contributed by atoms with Crippen molar-refractivity contribution in [3.63, 3.8) is 0 Å². The van der Waals surface area contributed by atoms with Crippen LogP contribution in [0.25, 0.3) is 0 Å². The van der Waals surface area contributed by atoms with Gasteiger partial charge < -0.3 is 0 Å². The normalized spacial score (nSPS) is 11.1. The third-order valence-corrected chi connectivity index (χ3v) is 5.77. The minimum atomic E-state index is 1.26. The largest absolute Gasteiger partial charge is 0.296 e. The molecule has 0 fully saturated rings. The molecule has 0 heterocycles. The molecule has 0 nitrogen and oxygen atoms in total. The highest BCUT2D eigenvalue weighted by Gasteiger charge is 1.98. The molecule has 1 rings (SSSR count). The van der Waals surface area contributed by atoms with Crippen molar-refractivity contribution in [1.29, 1.82) is 0 Å². The molecule has 0 aliphatic carbocycles. The lowest BCUT2D eigenvalue weighted by Crippen LogP contribution is -3.34. The minimum Gasteiger partial charge on any atom is -0.0654 e. The van der Waals surface area contributed by atoms with Crippen LogP contribution in [0.15, 0.2) is 24.3 Å². The molecule has 1 aromatic carbocycles. The molecular weight excluding hydrogens is 403 g/mol. The number of halogens is 1. The predicted molar refractivity (Wildman–Crippen MR) is 105 cm³/mol. The van der Waals surface area contributed by atoms with Gasteiger partial charge in [-0.15, -0.1) is 0 Å². The van der Waals surface area contributed by atoms with Crippen molar-refractivity contribution >= 4 is 0 Å². The molecule has 0 radical (unpaired) electrons. The second-order valence-electron chi connectivity index (χ2n) is 7.34. The molecule has 0 atom stereocenters. The van der Waals surface area contributed by atoms with E-state index >= 15 is 0 Å². The Balaban J connectivity index is 1.75. The van der Waals surface area contributed by atoms with Gasteiger partial charge in [0, 0.05) is 0 Å². The summed E-state index contributed by atoms with van der Waals surface area (Å²) < 4.78 is 1.38. The smallest absolute Gasteiger partial charge is 0.0654 e. The zero-order valence-corrected chi connectivity index (χ0v) is 18.4. The maximum Gasteiger partial charge on any atom is 0.296 e. The minimum absolute atomic E-state index is 1.26. The van der Waals surface area contributed by atoms with Crippen LogP contribution in [-0.2, 0) is 6.42 Å². The van der Waals surface area contributed by atoms with Crippen molar-refractivity contribution in [2.24, 2.45) is 0 Å². The van der Waals surface area contributed by atoms with Crippen LogP contribution >= 0.6 is 0 Å². The fourth-order valence-corrected chi connectivity index (χ4v) is 3.74. The van der Waals surface area contributed by atoms with Gasteiger partial charge in [0.1, 0.15) is 0 Å². The van der Waals surface area contributed by atoms with E-state index in [1.807, 2.05) is 0 Å². The van der Waals surface area contributed by atoms with Gasteiger partial charge in [0.2, 0.25) is 0 Å². The van der Waals surface area contributed by atoms with Crippen molar-refractivity contribution in [3.8, 4) is 0 Å². The lowest BCUT2D eigenvalue weighted by molar-refractivity contribution is -0.328. The summed E-state index contributed by atoms with van der Waals surface area (Å²) in [5.74, 6) is 0. The van der Waals surface area contributed by atoms with E-state index in [9.17, 15) is 0 Å². The highest BCUT2D eigenvalue weighted by atomic mass is 127. The molecule has 0 spiro atoms. The summed E-state index contributed by atoms with van der Waals surface area (Å²) in [6, 6.07) is 9.07. The summed E-state index contributed by atoms with van der Waals surface area (Å²) in [6.07, 6.45) is 22.9. The van der Waals surface area contributed by atoms with E-state index in [1.54, 1.807) is 0 Å². The Hall–Kier alpha value is -0.0500. The number of unbranched alkanes of at least 4 members (excludes halogenated alkanes) is 14. The van der Waals surface area contributed by atoms with E-state index in [0.29, 0.717) is 0 Å². The molecule has 138 valence electrons. The standard InChI is InChI=1S/C23H40I/c1-2-3-4-5-6-7-8-9-10-11-12-13-14-15-16-17-22-18-20-23(24)21-19-22/h18-21,24H,2-17H2,1H3/q+1. The molecule has 0 aromatic heterocycles. The fraction of sp³-hybridized carbons (Fsp3) is 0.739. The van der Waals surface area contributed by atoms with Crippen molar-refractivity contribution in [2.45, 2.75) is 110 Å². The Morgan fingerprint density at radius 2 is 0.917 bits per heavy atom. The van der Waals surface area contributed by atoms with E-state index in [4.69, 9.17) is 0 Å². The van der Waals surface area contributed by atoms with Crippen molar-refractivity contribution in [3.05, 3.63) is 33.4 Å². The summed E-state index contributed by atoms with van der Waals surface area (Å²) in [4.78, 5) is 0. The van der Waals surface area contributed by atoms with Gasteiger partial charge in [-0.3, -0.25) is 0 Å². The van der Waals surface area contributed by atoms with Gasteiger partial charge in [0.05, 0.1) is 0 Å². The zero-order chi connectivity index (χ0) is 17.3. The SMILES string of the molecule is CCCCCCCCCCCCCCCCCc1ccc([IH+])cc1. The Bertz CT molecular complexity index is 368. The molecule has 0 aliphatic rings. The topological polar surface area (TPSA) is 0 Å². The second kappa shape index (κ2) is 16.4. The average molecular weight is 443 g/mol. The molecule has 0 saturated heterocycles. The maximum atomic E-state index is 2.30. The van der Waals surface area contributed by atoms with Gasteiger partial charge in [0.15, 0.2) is 3.57 Å². The van der Waals surface area contributed by atoms with Crippen molar-refractivity contribution < 1.29 is 22.6 Å². The lowest BCUT2D eigenvalue weighted by atomic mass is 10.0. The maximum absolute atomic E-state index is 2.30. The first-order valence-electron chi connectivity index (χ1n) is 10.6. The number of aryl methyl sites for hydroxylation is 1. The predicted octanol–water partition coefficient (Wildman–Crippen LogP) is 4.56. The first kappa shape index (κ1) is 22.0. The summed E-state index contributed by atoms with van der Waals surface area (Å²) in [5.41, 5.74) is 1.51. The third-order valence-electron chi connectivity index (χ3n) is 4.99. The fourth-order valence-electron chi connectivity index (χ4n) is 3.36. The van der Waals surface area contributed by atoms with Crippen LogP contribution in [-0.4, -0.2) is 0 Å². The quantitative estimate of drug-likeness (QED) is 0.260. The molecule has 0 N–H and O–H groups in total.